The van der Waals surface area contributed by atoms with Crippen molar-refractivity contribution in [1.82, 2.24) is 14.2 Å². The number of fused-ring (bicyclic) bond motifs is 1. The van der Waals surface area contributed by atoms with Crippen LogP contribution in [0, 0.1) is 6.92 Å². The molecule has 0 amide bonds. The van der Waals surface area contributed by atoms with Crippen LogP contribution in [0.4, 0.5) is 0 Å². The fourth-order valence-corrected chi connectivity index (χ4v) is 5.28. The predicted molar refractivity (Wildman–Crippen MR) is 109 cm³/mol. The maximum absolute atomic E-state index is 12.8. The quantitative estimate of drug-likeness (QED) is 0.736. The molecule has 4 rings (SSSR count). The lowest BCUT2D eigenvalue weighted by Gasteiger charge is -2.34. The number of sulfonamides is 1. The van der Waals surface area contributed by atoms with Gasteiger partial charge in [-0.1, -0.05) is 48.0 Å². The number of rotatable bonds is 5. The number of nitrogens with zero attached hydrogens (tertiary/aromatic N) is 2. The van der Waals surface area contributed by atoms with Gasteiger partial charge >= 0.3 is 0 Å². The summed E-state index contributed by atoms with van der Waals surface area (Å²) in [6.07, 6.45) is 2.06. The zero-order chi connectivity index (χ0) is 18.9. The maximum Gasteiger partial charge on any atom is 0.218 e. The van der Waals surface area contributed by atoms with E-state index in [1.807, 2.05) is 37.3 Å². The molecule has 0 bridgehead atoms. The van der Waals surface area contributed by atoms with Gasteiger partial charge in [0.25, 0.3) is 0 Å². The number of para-hydroxylation sites is 1. The highest BCUT2D eigenvalue weighted by Gasteiger charge is 2.27. The van der Waals surface area contributed by atoms with Crippen LogP contribution in [0.5, 0.6) is 0 Å². The summed E-state index contributed by atoms with van der Waals surface area (Å²) in [6.45, 7) is 5.45. The van der Waals surface area contributed by atoms with Crippen LogP contribution in [0.2, 0.25) is 0 Å². The molecule has 2 heterocycles. The lowest BCUT2D eigenvalue weighted by Crippen LogP contribution is -2.48. The monoisotopic (exact) mass is 383 g/mol. The molecule has 0 aliphatic carbocycles. The van der Waals surface area contributed by atoms with Crippen molar-refractivity contribution in [3.8, 4) is 0 Å². The number of hydrogen-bond acceptors (Lipinski definition) is 3. The summed E-state index contributed by atoms with van der Waals surface area (Å²) in [6, 6.07) is 16.0. The van der Waals surface area contributed by atoms with Crippen molar-refractivity contribution >= 4 is 20.9 Å². The first kappa shape index (κ1) is 18.2. The Morgan fingerprint density at radius 3 is 2.56 bits per heavy atom. The number of piperazine rings is 1. The van der Waals surface area contributed by atoms with Crippen LogP contribution < -0.4 is 0 Å². The zero-order valence-electron chi connectivity index (χ0n) is 15.6. The minimum Gasteiger partial charge on any atom is -0.361 e. The summed E-state index contributed by atoms with van der Waals surface area (Å²) in [5, 5.41) is 1.24. The zero-order valence-corrected chi connectivity index (χ0v) is 16.4. The Morgan fingerprint density at radius 1 is 1.00 bits per heavy atom. The summed E-state index contributed by atoms with van der Waals surface area (Å²) >= 11 is 0. The van der Waals surface area contributed by atoms with Gasteiger partial charge < -0.3 is 4.98 Å². The van der Waals surface area contributed by atoms with Gasteiger partial charge in [-0.3, -0.25) is 4.90 Å². The molecule has 142 valence electrons. The third kappa shape index (κ3) is 4.08. The molecule has 1 aromatic heterocycles. The molecule has 6 heteroatoms. The highest BCUT2D eigenvalue weighted by molar-refractivity contribution is 7.88. The van der Waals surface area contributed by atoms with Gasteiger partial charge in [0.05, 0.1) is 5.75 Å². The van der Waals surface area contributed by atoms with E-state index in [2.05, 4.69) is 34.3 Å². The Labute approximate surface area is 160 Å². The standard InChI is InChI=1S/C21H25N3O2S/c1-17-5-4-6-18(13-17)16-27(25,26)24-11-9-23(10-12-24)15-19-14-22-21-8-3-2-7-20(19)21/h2-8,13-14,22H,9-12,15-16H2,1H3. The van der Waals surface area contributed by atoms with E-state index in [9.17, 15) is 8.42 Å². The minimum absolute atomic E-state index is 0.0805. The Hall–Kier alpha value is -2.15. The average Bonchev–Trinajstić information content (AvgIpc) is 3.05. The first-order valence-electron chi connectivity index (χ1n) is 9.32. The number of nitrogens with one attached hydrogen (secondary N) is 1. The Bertz CT molecular complexity index is 1030. The van der Waals surface area contributed by atoms with Crippen LogP contribution in [0.15, 0.2) is 54.7 Å². The first-order chi connectivity index (χ1) is 13.0. The van der Waals surface area contributed by atoms with E-state index in [4.69, 9.17) is 0 Å². The molecule has 0 radical (unpaired) electrons. The number of aromatic nitrogens is 1. The van der Waals surface area contributed by atoms with Gasteiger partial charge in [0.1, 0.15) is 0 Å². The third-order valence-corrected chi connectivity index (χ3v) is 7.08. The van der Waals surface area contributed by atoms with E-state index < -0.39 is 10.0 Å². The fourth-order valence-electron chi connectivity index (χ4n) is 3.77. The van der Waals surface area contributed by atoms with E-state index in [1.165, 1.54) is 10.9 Å². The van der Waals surface area contributed by atoms with E-state index in [0.29, 0.717) is 13.1 Å². The van der Waals surface area contributed by atoms with Crippen LogP contribution in [0.1, 0.15) is 16.7 Å². The Morgan fingerprint density at radius 2 is 1.78 bits per heavy atom. The van der Waals surface area contributed by atoms with Gasteiger partial charge in [0.15, 0.2) is 0 Å². The summed E-state index contributed by atoms with van der Waals surface area (Å²) in [5.74, 6) is 0.0805. The molecule has 1 aliphatic heterocycles. The molecule has 0 atom stereocenters. The summed E-state index contributed by atoms with van der Waals surface area (Å²) in [4.78, 5) is 5.64. The smallest absolute Gasteiger partial charge is 0.218 e. The topological polar surface area (TPSA) is 56.4 Å². The Kier molecular flexibility index (Phi) is 5.04. The van der Waals surface area contributed by atoms with Crippen LogP contribution >= 0.6 is 0 Å². The van der Waals surface area contributed by atoms with Crippen molar-refractivity contribution in [3.05, 3.63) is 71.4 Å². The molecule has 0 spiro atoms. The second kappa shape index (κ2) is 7.46. The SMILES string of the molecule is Cc1cccc(CS(=O)(=O)N2CCN(Cc3c[nH]c4ccccc34)CC2)c1. The van der Waals surface area contributed by atoms with Gasteiger partial charge in [-0.2, -0.15) is 4.31 Å². The van der Waals surface area contributed by atoms with Crippen LogP contribution in [0.3, 0.4) is 0 Å². The molecule has 1 fully saturated rings. The summed E-state index contributed by atoms with van der Waals surface area (Å²) in [5.41, 5.74) is 4.36. The van der Waals surface area contributed by atoms with Gasteiger partial charge in [0, 0.05) is 49.8 Å². The third-order valence-electron chi connectivity index (χ3n) is 5.23. The largest absolute Gasteiger partial charge is 0.361 e. The van der Waals surface area contributed by atoms with Crippen LogP contribution in [-0.2, 0) is 22.3 Å². The van der Waals surface area contributed by atoms with Gasteiger partial charge in [-0.25, -0.2) is 8.42 Å². The molecule has 0 saturated carbocycles. The molecule has 27 heavy (non-hydrogen) atoms. The number of hydrogen-bond donors (Lipinski definition) is 1. The molecular weight excluding hydrogens is 358 g/mol. The Balaban J connectivity index is 1.38. The molecule has 0 unspecified atom stereocenters. The molecule has 3 aromatic rings. The maximum atomic E-state index is 12.8. The van der Waals surface area contributed by atoms with Crippen molar-refractivity contribution < 1.29 is 8.42 Å². The highest BCUT2D eigenvalue weighted by atomic mass is 32.2. The lowest BCUT2D eigenvalue weighted by atomic mass is 10.1. The minimum atomic E-state index is -3.27. The summed E-state index contributed by atoms with van der Waals surface area (Å²) in [7, 11) is -3.27. The number of benzene rings is 2. The number of aromatic amines is 1. The van der Waals surface area contributed by atoms with Gasteiger partial charge in [0.2, 0.25) is 10.0 Å². The van der Waals surface area contributed by atoms with Crippen molar-refractivity contribution in [3.63, 3.8) is 0 Å². The van der Waals surface area contributed by atoms with Gasteiger partial charge in [-0.15, -0.1) is 0 Å². The van der Waals surface area contributed by atoms with E-state index in [-0.39, 0.29) is 5.75 Å². The lowest BCUT2D eigenvalue weighted by molar-refractivity contribution is 0.182. The van der Waals surface area contributed by atoms with Crippen LogP contribution in [-0.4, -0.2) is 48.8 Å². The first-order valence-corrected chi connectivity index (χ1v) is 10.9. The van der Waals surface area contributed by atoms with E-state index in [0.717, 1.165) is 36.3 Å². The molecule has 5 nitrogen and oxygen atoms in total. The second-order valence-electron chi connectivity index (χ2n) is 7.28. The van der Waals surface area contributed by atoms with Crippen molar-refractivity contribution in [2.24, 2.45) is 0 Å². The molecular formula is C21H25N3O2S. The normalized spacial score (nSPS) is 16.8. The molecule has 1 aliphatic rings. The second-order valence-corrected chi connectivity index (χ2v) is 9.25. The molecule has 2 aromatic carbocycles. The predicted octanol–water partition coefficient (Wildman–Crippen LogP) is 3.12. The number of H-pyrrole nitrogens is 1. The van der Waals surface area contributed by atoms with Gasteiger partial charge in [-0.05, 0) is 24.1 Å². The fraction of sp³-hybridized carbons (Fsp3) is 0.333. The highest BCUT2D eigenvalue weighted by Crippen LogP contribution is 2.21. The van der Waals surface area contributed by atoms with Crippen molar-refractivity contribution in [1.29, 1.82) is 0 Å². The van der Waals surface area contributed by atoms with E-state index in [1.54, 1.807) is 4.31 Å². The van der Waals surface area contributed by atoms with E-state index >= 15 is 0 Å². The molecule has 1 saturated heterocycles. The van der Waals surface area contributed by atoms with Crippen LogP contribution in [0.25, 0.3) is 10.9 Å². The van der Waals surface area contributed by atoms with Crippen molar-refractivity contribution in [2.45, 2.75) is 19.2 Å². The van der Waals surface area contributed by atoms with Crippen molar-refractivity contribution in [2.75, 3.05) is 26.2 Å². The summed E-state index contributed by atoms with van der Waals surface area (Å²) < 4.78 is 27.2. The number of aryl methyl sites for hydroxylation is 1. The average molecular weight is 384 g/mol. The molecule has 1 N–H and O–H groups in total.